The first-order valence-electron chi connectivity index (χ1n) is 7.47. The second-order valence-electron chi connectivity index (χ2n) is 5.27. The Bertz CT molecular complexity index is 1030. The number of nitrogens with one attached hydrogen (secondary N) is 1. The lowest BCUT2D eigenvalue weighted by molar-refractivity contribution is 0.174. The highest BCUT2D eigenvalue weighted by molar-refractivity contribution is 7.18. The van der Waals surface area contributed by atoms with Crippen molar-refractivity contribution < 1.29 is 13.9 Å². The first-order chi connectivity index (χ1) is 12.3. The fraction of sp³-hybridized carbons (Fsp3) is 0.0588. The standard InChI is InChI=1S/C17H11N3O3S2/c1-2-11(24-3-1)7-19-20-17-18-8-16(25-17)15-5-10-4-13-14(22-9-21-13)6-12(10)23-15/h1-8H,9H2,(H,18,20)/b19-7+. The Morgan fingerprint density at radius 1 is 1.20 bits per heavy atom. The van der Waals surface area contributed by atoms with Crippen molar-refractivity contribution in [3.63, 3.8) is 0 Å². The van der Waals surface area contributed by atoms with Gasteiger partial charge in [-0.3, -0.25) is 5.43 Å². The molecule has 0 spiro atoms. The second-order valence-corrected chi connectivity index (χ2v) is 7.28. The third-order valence-corrected chi connectivity index (χ3v) is 5.38. The molecule has 4 heterocycles. The van der Waals surface area contributed by atoms with Crippen molar-refractivity contribution in [1.29, 1.82) is 0 Å². The van der Waals surface area contributed by atoms with E-state index in [1.807, 2.05) is 35.7 Å². The summed E-state index contributed by atoms with van der Waals surface area (Å²) >= 11 is 3.11. The molecule has 0 atom stereocenters. The molecule has 25 heavy (non-hydrogen) atoms. The fourth-order valence-electron chi connectivity index (χ4n) is 2.51. The number of fused-ring (bicyclic) bond motifs is 2. The summed E-state index contributed by atoms with van der Waals surface area (Å²) in [6.07, 6.45) is 3.54. The summed E-state index contributed by atoms with van der Waals surface area (Å²) < 4.78 is 16.7. The van der Waals surface area contributed by atoms with E-state index in [0.717, 1.165) is 32.2 Å². The first-order valence-corrected chi connectivity index (χ1v) is 9.17. The molecule has 3 aromatic heterocycles. The van der Waals surface area contributed by atoms with Crippen LogP contribution in [0.2, 0.25) is 0 Å². The van der Waals surface area contributed by atoms with Gasteiger partial charge < -0.3 is 13.9 Å². The van der Waals surface area contributed by atoms with Gasteiger partial charge in [0, 0.05) is 16.3 Å². The highest BCUT2D eigenvalue weighted by Crippen LogP contribution is 2.40. The zero-order valence-electron chi connectivity index (χ0n) is 12.8. The van der Waals surface area contributed by atoms with Crippen LogP contribution in [-0.2, 0) is 0 Å². The number of rotatable bonds is 4. The summed E-state index contributed by atoms with van der Waals surface area (Å²) in [4.78, 5) is 6.34. The minimum absolute atomic E-state index is 0.255. The predicted molar refractivity (Wildman–Crippen MR) is 99.0 cm³/mol. The van der Waals surface area contributed by atoms with Crippen LogP contribution in [0.5, 0.6) is 11.5 Å². The maximum absolute atomic E-state index is 5.93. The number of hydrogen-bond acceptors (Lipinski definition) is 8. The van der Waals surface area contributed by atoms with Crippen LogP contribution in [0.4, 0.5) is 5.13 Å². The van der Waals surface area contributed by atoms with E-state index in [4.69, 9.17) is 13.9 Å². The Balaban J connectivity index is 1.38. The molecule has 8 heteroatoms. The Kier molecular flexibility index (Phi) is 3.43. The highest BCUT2D eigenvalue weighted by Gasteiger charge is 2.17. The van der Waals surface area contributed by atoms with Gasteiger partial charge in [0.15, 0.2) is 11.5 Å². The van der Waals surface area contributed by atoms with E-state index in [9.17, 15) is 0 Å². The number of anilines is 1. The minimum Gasteiger partial charge on any atom is -0.455 e. The Hall–Kier alpha value is -2.84. The second kappa shape index (κ2) is 5.91. The molecule has 0 aliphatic carbocycles. The SMILES string of the molecule is C(=N\Nc1ncc(-c2cc3cc4c(cc3o2)OCO4)s1)/c1cccs1. The van der Waals surface area contributed by atoms with Gasteiger partial charge in [0.25, 0.3) is 0 Å². The van der Waals surface area contributed by atoms with Crippen molar-refractivity contribution in [3.05, 3.63) is 46.8 Å². The number of furan rings is 1. The monoisotopic (exact) mass is 369 g/mol. The van der Waals surface area contributed by atoms with Gasteiger partial charge in [0.2, 0.25) is 11.9 Å². The van der Waals surface area contributed by atoms with Gasteiger partial charge in [0.1, 0.15) is 11.3 Å². The summed E-state index contributed by atoms with van der Waals surface area (Å²) in [5.74, 6) is 2.21. The van der Waals surface area contributed by atoms with Crippen molar-refractivity contribution in [2.24, 2.45) is 5.10 Å². The van der Waals surface area contributed by atoms with E-state index >= 15 is 0 Å². The van der Waals surface area contributed by atoms with Crippen LogP contribution in [0.3, 0.4) is 0 Å². The number of aromatic nitrogens is 1. The minimum atomic E-state index is 0.255. The largest absolute Gasteiger partial charge is 0.455 e. The van der Waals surface area contributed by atoms with Crippen molar-refractivity contribution in [2.75, 3.05) is 12.2 Å². The number of ether oxygens (including phenoxy) is 2. The number of hydrazone groups is 1. The number of benzene rings is 1. The topological polar surface area (TPSA) is 68.9 Å². The third-order valence-electron chi connectivity index (χ3n) is 3.66. The van der Waals surface area contributed by atoms with E-state index < -0.39 is 0 Å². The van der Waals surface area contributed by atoms with Crippen LogP contribution in [0.25, 0.3) is 21.6 Å². The summed E-state index contributed by atoms with van der Waals surface area (Å²) in [5, 5.41) is 7.88. The number of nitrogens with zero attached hydrogens (tertiary/aromatic N) is 2. The highest BCUT2D eigenvalue weighted by atomic mass is 32.1. The number of thiazole rings is 1. The van der Waals surface area contributed by atoms with Crippen molar-refractivity contribution in [2.45, 2.75) is 0 Å². The lowest BCUT2D eigenvalue weighted by atomic mass is 10.2. The molecule has 0 bridgehead atoms. The molecule has 1 aromatic carbocycles. The van der Waals surface area contributed by atoms with Crippen LogP contribution in [-0.4, -0.2) is 18.0 Å². The summed E-state index contributed by atoms with van der Waals surface area (Å²) in [5.41, 5.74) is 3.71. The van der Waals surface area contributed by atoms with Gasteiger partial charge in [0.05, 0.1) is 17.3 Å². The Morgan fingerprint density at radius 3 is 3.00 bits per heavy atom. The zero-order valence-corrected chi connectivity index (χ0v) is 14.4. The van der Waals surface area contributed by atoms with E-state index in [2.05, 4.69) is 15.5 Å². The molecule has 0 unspecified atom stereocenters. The maximum Gasteiger partial charge on any atom is 0.231 e. The van der Waals surface area contributed by atoms with Crippen LogP contribution >= 0.6 is 22.7 Å². The summed E-state index contributed by atoms with van der Waals surface area (Å²) in [7, 11) is 0. The van der Waals surface area contributed by atoms with E-state index in [1.54, 1.807) is 23.7 Å². The summed E-state index contributed by atoms with van der Waals surface area (Å²) in [6.45, 7) is 0.255. The third kappa shape index (κ3) is 2.75. The van der Waals surface area contributed by atoms with Gasteiger partial charge >= 0.3 is 0 Å². The van der Waals surface area contributed by atoms with Crippen molar-refractivity contribution in [1.82, 2.24) is 4.98 Å². The molecule has 1 aliphatic rings. The molecule has 1 N–H and O–H groups in total. The predicted octanol–water partition coefficient (Wildman–Crippen LogP) is 4.79. The average molecular weight is 369 g/mol. The molecule has 0 radical (unpaired) electrons. The molecule has 124 valence electrons. The van der Waals surface area contributed by atoms with E-state index in [1.165, 1.54) is 11.3 Å². The van der Waals surface area contributed by atoms with E-state index in [0.29, 0.717) is 10.9 Å². The molecule has 0 amide bonds. The van der Waals surface area contributed by atoms with Crippen LogP contribution < -0.4 is 14.9 Å². The molecule has 0 saturated heterocycles. The van der Waals surface area contributed by atoms with E-state index in [-0.39, 0.29) is 6.79 Å². The van der Waals surface area contributed by atoms with Gasteiger partial charge in [-0.25, -0.2) is 4.98 Å². The Labute approximate surface area is 150 Å². The first kappa shape index (κ1) is 14.5. The average Bonchev–Trinajstić information content (AvgIpc) is 3.38. The van der Waals surface area contributed by atoms with Gasteiger partial charge in [-0.05, 0) is 23.6 Å². The fourth-order valence-corrected chi connectivity index (χ4v) is 3.81. The lowest BCUT2D eigenvalue weighted by Crippen LogP contribution is -1.92. The molecule has 5 rings (SSSR count). The van der Waals surface area contributed by atoms with Gasteiger partial charge in [-0.15, -0.1) is 11.3 Å². The number of hydrogen-bond donors (Lipinski definition) is 1. The molecular formula is C17H11N3O3S2. The Morgan fingerprint density at radius 2 is 2.12 bits per heavy atom. The molecule has 0 saturated carbocycles. The normalized spacial score (nSPS) is 13.1. The molecule has 6 nitrogen and oxygen atoms in total. The zero-order chi connectivity index (χ0) is 16.6. The molecule has 1 aliphatic heterocycles. The van der Waals surface area contributed by atoms with Crippen LogP contribution in [0, 0.1) is 0 Å². The quantitative estimate of drug-likeness (QED) is 0.414. The van der Waals surface area contributed by atoms with Crippen molar-refractivity contribution in [3.8, 4) is 22.1 Å². The molecule has 4 aromatic rings. The maximum atomic E-state index is 5.93. The van der Waals surface area contributed by atoms with Crippen molar-refractivity contribution >= 4 is 45.0 Å². The molecule has 0 fully saturated rings. The van der Waals surface area contributed by atoms with Gasteiger partial charge in [-0.2, -0.15) is 5.10 Å². The summed E-state index contributed by atoms with van der Waals surface area (Å²) in [6, 6.07) is 9.75. The smallest absolute Gasteiger partial charge is 0.231 e. The molecular weight excluding hydrogens is 358 g/mol. The van der Waals surface area contributed by atoms with Crippen LogP contribution in [0.1, 0.15) is 4.88 Å². The van der Waals surface area contributed by atoms with Gasteiger partial charge in [-0.1, -0.05) is 17.4 Å². The number of thiophene rings is 1. The lowest BCUT2D eigenvalue weighted by Gasteiger charge is -1.93. The van der Waals surface area contributed by atoms with Crippen LogP contribution in [0.15, 0.2) is 51.4 Å².